The maximum atomic E-state index is 5.41. The van der Waals surface area contributed by atoms with Gasteiger partial charge in [0.15, 0.2) is 0 Å². The summed E-state index contributed by atoms with van der Waals surface area (Å²) in [6, 6.07) is 8.46. The molecule has 1 heterocycles. The average Bonchev–Trinajstić information content (AvgIpc) is 2.16. The summed E-state index contributed by atoms with van der Waals surface area (Å²) in [7, 11) is 0. The molecule has 0 aromatic heterocycles. The number of ether oxygens (including phenoxy) is 1. The standard InChI is InChI=1S/C12H17NO/c1-3-14-11-6-4-10(5-7-11)12(2)8-13-9-12/h4-7,13H,3,8-9H2,1-2H3. The lowest BCUT2D eigenvalue weighted by molar-refractivity contribution is 0.304. The number of rotatable bonds is 3. The van der Waals surface area contributed by atoms with Crippen molar-refractivity contribution in [3.05, 3.63) is 29.8 Å². The highest BCUT2D eigenvalue weighted by Crippen LogP contribution is 2.28. The van der Waals surface area contributed by atoms with Gasteiger partial charge >= 0.3 is 0 Å². The first-order valence-electron chi connectivity index (χ1n) is 5.19. The van der Waals surface area contributed by atoms with Gasteiger partial charge < -0.3 is 10.1 Å². The summed E-state index contributed by atoms with van der Waals surface area (Å²) in [6.45, 7) is 7.20. The first-order chi connectivity index (χ1) is 6.74. The van der Waals surface area contributed by atoms with Gasteiger partial charge in [0, 0.05) is 18.5 Å². The van der Waals surface area contributed by atoms with Gasteiger partial charge in [-0.15, -0.1) is 0 Å². The first-order valence-corrected chi connectivity index (χ1v) is 5.19. The van der Waals surface area contributed by atoms with E-state index in [0.717, 1.165) is 25.4 Å². The maximum absolute atomic E-state index is 5.41. The number of hydrogen-bond donors (Lipinski definition) is 1. The summed E-state index contributed by atoms with van der Waals surface area (Å²) in [5, 5.41) is 3.31. The lowest BCUT2D eigenvalue weighted by Gasteiger charge is -2.39. The molecule has 0 radical (unpaired) electrons. The summed E-state index contributed by atoms with van der Waals surface area (Å²) in [5.74, 6) is 0.965. The molecule has 2 nitrogen and oxygen atoms in total. The summed E-state index contributed by atoms with van der Waals surface area (Å²) in [6.07, 6.45) is 0. The minimum Gasteiger partial charge on any atom is -0.494 e. The Morgan fingerprint density at radius 2 is 1.93 bits per heavy atom. The normalized spacial score (nSPS) is 18.7. The third-order valence-electron chi connectivity index (χ3n) is 2.89. The second-order valence-electron chi connectivity index (χ2n) is 4.12. The highest BCUT2D eigenvalue weighted by Gasteiger charge is 2.33. The van der Waals surface area contributed by atoms with Gasteiger partial charge in [-0.1, -0.05) is 19.1 Å². The molecule has 0 aliphatic carbocycles. The molecule has 1 saturated heterocycles. The Labute approximate surface area is 85.3 Å². The predicted octanol–water partition coefficient (Wildman–Crippen LogP) is 1.95. The van der Waals surface area contributed by atoms with E-state index in [1.165, 1.54) is 5.56 Å². The third kappa shape index (κ3) is 1.62. The van der Waals surface area contributed by atoms with Gasteiger partial charge in [-0.2, -0.15) is 0 Å². The summed E-state index contributed by atoms with van der Waals surface area (Å²) in [4.78, 5) is 0. The lowest BCUT2D eigenvalue weighted by Crippen LogP contribution is -2.54. The van der Waals surface area contributed by atoms with Crippen molar-refractivity contribution in [1.82, 2.24) is 5.32 Å². The van der Waals surface area contributed by atoms with Crippen LogP contribution in [0.2, 0.25) is 0 Å². The zero-order valence-corrected chi connectivity index (χ0v) is 8.84. The van der Waals surface area contributed by atoms with E-state index >= 15 is 0 Å². The van der Waals surface area contributed by atoms with Crippen LogP contribution in [0.15, 0.2) is 24.3 Å². The smallest absolute Gasteiger partial charge is 0.119 e. The fraction of sp³-hybridized carbons (Fsp3) is 0.500. The molecule has 1 aliphatic heterocycles. The molecule has 1 aromatic carbocycles. The molecule has 0 spiro atoms. The van der Waals surface area contributed by atoms with Gasteiger partial charge in [-0.05, 0) is 24.6 Å². The molecule has 2 rings (SSSR count). The lowest BCUT2D eigenvalue weighted by atomic mass is 9.77. The maximum Gasteiger partial charge on any atom is 0.119 e. The van der Waals surface area contributed by atoms with Crippen LogP contribution in [0.1, 0.15) is 19.4 Å². The van der Waals surface area contributed by atoms with Crippen molar-refractivity contribution in [2.75, 3.05) is 19.7 Å². The zero-order chi connectivity index (χ0) is 10.0. The van der Waals surface area contributed by atoms with Crippen molar-refractivity contribution in [3.63, 3.8) is 0 Å². The monoisotopic (exact) mass is 191 g/mol. The summed E-state index contributed by atoms with van der Waals surface area (Å²) < 4.78 is 5.41. The Balaban J connectivity index is 2.13. The molecule has 0 bridgehead atoms. The Hall–Kier alpha value is -1.02. The van der Waals surface area contributed by atoms with Crippen LogP contribution in [0.4, 0.5) is 0 Å². The van der Waals surface area contributed by atoms with E-state index < -0.39 is 0 Å². The Kier molecular flexibility index (Phi) is 2.46. The van der Waals surface area contributed by atoms with Crippen molar-refractivity contribution in [1.29, 1.82) is 0 Å². The number of benzene rings is 1. The molecule has 76 valence electrons. The molecule has 0 unspecified atom stereocenters. The Morgan fingerprint density at radius 3 is 2.36 bits per heavy atom. The highest BCUT2D eigenvalue weighted by molar-refractivity contribution is 5.34. The van der Waals surface area contributed by atoms with E-state index in [0.29, 0.717) is 5.41 Å². The molecule has 0 saturated carbocycles. The van der Waals surface area contributed by atoms with E-state index in [1.807, 2.05) is 6.92 Å². The molecule has 2 heteroatoms. The second-order valence-corrected chi connectivity index (χ2v) is 4.12. The highest BCUT2D eigenvalue weighted by atomic mass is 16.5. The van der Waals surface area contributed by atoms with Crippen molar-refractivity contribution >= 4 is 0 Å². The minimum absolute atomic E-state index is 0.338. The second kappa shape index (κ2) is 3.62. The summed E-state index contributed by atoms with van der Waals surface area (Å²) >= 11 is 0. The van der Waals surface area contributed by atoms with E-state index in [9.17, 15) is 0 Å². The topological polar surface area (TPSA) is 21.3 Å². The van der Waals surface area contributed by atoms with Crippen molar-refractivity contribution in [2.45, 2.75) is 19.3 Å². The van der Waals surface area contributed by atoms with Crippen LogP contribution in [0.3, 0.4) is 0 Å². The van der Waals surface area contributed by atoms with E-state index in [-0.39, 0.29) is 0 Å². The summed E-state index contributed by atoms with van der Waals surface area (Å²) in [5.41, 5.74) is 1.74. The van der Waals surface area contributed by atoms with Crippen LogP contribution >= 0.6 is 0 Å². The molecule has 1 N–H and O–H groups in total. The zero-order valence-electron chi connectivity index (χ0n) is 8.84. The van der Waals surface area contributed by atoms with Crippen molar-refractivity contribution < 1.29 is 4.74 Å². The van der Waals surface area contributed by atoms with Crippen LogP contribution in [-0.4, -0.2) is 19.7 Å². The Morgan fingerprint density at radius 1 is 1.29 bits per heavy atom. The largest absolute Gasteiger partial charge is 0.494 e. The molecular weight excluding hydrogens is 174 g/mol. The molecule has 14 heavy (non-hydrogen) atoms. The van der Waals surface area contributed by atoms with Gasteiger partial charge in [0.1, 0.15) is 5.75 Å². The van der Waals surface area contributed by atoms with Crippen LogP contribution in [0.25, 0.3) is 0 Å². The van der Waals surface area contributed by atoms with E-state index in [1.54, 1.807) is 0 Å². The predicted molar refractivity (Wildman–Crippen MR) is 57.8 cm³/mol. The SMILES string of the molecule is CCOc1ccc(C2(C)CNC2)cc1. The first kappa shape index (κ1) is 9.53. The molecular formula is C12H17NO. The molecule has 1 aliphatic rings. The molecule has 1 fully saturated rings. The van der Waals surface area contributed by atoms with Crippen LogP contribution in [0.5, 0.6) is 5.75 Å². The molecule has 1 aromatic rings. The van der Waals surface area contributed by atoms with Crippen LogP contribution in [0, 0.1) is 0 Å². The van der Waals surface area contributed by atoms with Crippen LogP contribution in [-0.2, 0) is 5.41 Å². The molecule has 0 atom stereocenters. The van der Waals surface area contributed by atoms with Crippen molar-refractivity contribution in [2.24, 2.45) is 0 Å². The van der Waals surface area contributed by atoms with Gasteiger partial charge in [-0.3, -0.25) is 0 Å². The van der Waals surface area contributed by atoms with E-state index in [4.69, 9.17) is 4.74 Å². The van der Waals surface area contributed by atoms with Crippen molar-refractivity contribution in [3.8, 4) is 5.75 Å². The fourth-order valence-corrected chi connectivity index (χ4v) is 1.82. The fourth-order valence-electron chi connectivity index (χ4n) is 1.82. The van der Waals surface area contributed by atoms with E-state index in [2.05, 4.69) is 36.5 Å². The van der Waals surface area contributed by atoms with Gasteiger partial charge in [0.2, 0.25) is 0 Å². The Bertz CT molecular complexity index is 301. The van der Waals surface area contributed by atoms with Crippen LogP contribution < -0.4 is 10.1 Å². The van der Waals surface area contributed by atoms with Gasteiger partial charge in [-0.25, -0.2) is 0 Å². The average molecular weight is 191 g/mol. The quantitative estimate of drug-likeness (QED) is 0.788. The van der Waals surface area contributed by atoms with Gasteiger partial charge in [0.25, 0.3) is 0 Å². The minimum atomic E-state index is 0.338. The number of hydrogen-bond acceptors (Lipinski definition) is 2. The molecule has 0 amide bonds. The third-order valence-corrected chi connectivity index (χ3v) is 2.89. The van der Waals surface area contributed by atoms with Gasteiger partial charge in [0.05, 0.1) is 6.61 Å². The number of nitrogens with one attached hydrogen (secondary N) is 1.